The largest absolute Gasteiger partial charge is 0.459 e. The van der Waals surface area contributed by atoms with E-state index >= 15 is 0 Å². The molecule has 1 atom stereocenters. The molecule has 74 valence electrons. The van der Waals surface area contributed by atoms with Crippen LogP contribution in [-0.4, -0.2) is 18.0 Å². The quantitative estimate of drug-likeness (QED) is 0.524. The number of ether oxygens (including phenoxy) is 2. The minimum Gasteiger partial charge on any atom is -0.459 e. The number of aliphatic hydroxyl groups is 1. The number of hydrogen-bond donors (Lipinski definition) is 1. The van der Waals surface area contributed by atoms with Crippen LogP contribution in [0.1, 0.15) is 26.2 Å². The van der Waals surface area contributed by atoms with Crippen molar-refractivity contribution in [3.8, 4) is 0 Å². The van der Waals surface area contributed by atoms with Crippen LogP contribution in [0.25, 0.3) is 0 Å². The summed E-state index contributed by atoms with van der Waals surface area (Å²) in [7, 11) is 0. The van der Waals surface area contributed by atoms with E-state index < -0.39 is 0 Å². The Bertz CT molecular complexity index is 196. The lowest BCUT2D eigenvalue weighted by atomic mass is 10.2. The van der Waals surface area contributed by atoms with E-state index in [9.17, 15) is 0 Å². The highest BCUT2D eigenvalue weighted by molar-refractivity contribution is 4.92. The Labute approximate surface area is 78.7 Å². The van der Waals surface area contributed by atoms with Crippen molar-refractivity contribution in [3.05, 3.63) is 24.2 Å². The Hall–Kier alpha value is -0.960. The van der Waals surface area contributed by atoms with Crippen molar-refractivity contribution in [1.82, 2.24) is 0 Å². The molecule has 0 aliphatic carbocycles. The molecule has 0 spiro atoms. The van der Waals surface area contributed by atoms with Gasteiger partial charge in [0.05, 0.1) is 0 Å². The second-order valence-electron chi connectivity index (χ2n) is 2.93. The number of rotatable bonds is 5. The molecule has 0 aromatic rings. The van der Waals surface area contributed by atoms with Gasteiger partial charge in [0.2, 0.25) is 6.29 Å². The summed E-state index contributed by atoms with van der Waals surface area (Å²) in [6.07, 6.45) is 8.41. The van der Waals surface area contributed by atoms with Crippen LogP contribution in [-0.2, 0) is 9.47 Å². The fraction of sp³-hybridized carbons (Fsp3) is 0.600. The molecule has 0 aromatic carbocycles. The van der Waals surface area contributed by atoms with Gasteiger partial charge in [-0.2, -0.15) is 0 Å². The Balaban J connectivity index is 2.06. The first-order chi connectivity index (χ1) is 6.36. The molecular weight excluding hydrogens is 168 g/mol. The minimum absolute atomic E-state index is 0.0780. The fourth-order valence-electron chi connectivity index (χ4n) is 1.15. The Morgan fingerprint density at radius 3 is 3.08 bits per heavy atom. The van der Waals surface area contributed by atoms with Crippen LogP contribution in [0.15, 0.2) is 24.2 Å². The van der Waals surface area contributed by atoms with Crippen LogP contribution in [0, 0.1) is 0 Å². The molecule has 1 unspecified atom stereocenters. The van der Waals surface area contributed by atoms with Gasteiger partial charge >= 0.3 is 0 Å². The van der Waals surface area contributed by atoms with Gasteiger partial charge in [-0.3, -0.25) is 0 Å². The van der Waals surface area contributed by atoms with Gasteiger partial charge in [0.25, 0.3) is 0 Å². The molecule has 0 saturated carbocycles. The van der Waals surface area contributed by atoms with Gasteiger partial charge in [-0.05, 0) is 19.8 Å². The molecule has 1 heterocycles. The summed E-state index contributed by atoms with van der Waals surface area (Å²) in [4.78, 5) is 0. The lowest BCUT2D eigenvalue weighted by Crippen LogP contribution is -2.08. The van der Waals surface area contributed by atoms with E-state index in [2.05, 4.69) is 6.08 Å². The summed E-state index contributed by atoms with van der Waals surface area (Å²) in [6.45, 7) is 1.93. The lowest BCUT2D eigenvalue weighted by molar-refractivity contribution is -0.0428. The number of hydrogen-bond acceptors (Lipinski definition) is 3. The predicted molar refractivity (Wildman–Crippen MR) is 49.8 cm³/mol. The third-order valence-electron chi connectivity index (χ3n) is 1.84. The molecule has 13 heavy (non-hydrogen) atoms. The van der Waals surface area contributed by atoms with Crippen LogP contribution < -0.4 is 0 Å². The van der Waals surface area contributed by atoms with Crippen molar-refractivity contribution in [1.29, 1.82) is 0 Å². The topological polar surface area (TPSA) is 38.7 Å². The van der Waals surface area contributed by atoms with E-state index in [1.54, 1.807) is 0 Å². The van der Waals surface area contributed by atoms with E-state index in [-0.39, 0.29) is 12.9 Å². The molecule has 0 saturated heterocycles. The summed E-state index contributed by atoms with van der Waals surface area (Å²) >= 11 is 0. The van der Waals surface area contributed by atoms with Crippen molar-refractivity contribution in [2.45, 2.75) is 32.5 Å². The fourth-order valence-corrected chi connectivity index (χ4v) is 1.15. The molecule has 1 aliphatic heterocycles. The Morgan fingerprint density at radius 1 is 1.62 bits per heavy atom. The van der Waals surface area contributed by atoms with E-state index in [4.69, 9.17) is 14.6 Å². The first-order valence-corrected chi connectivity index (χ1v) is 4.60. The summed E-state index contributed by atoms with van der Waals surface area (Å²) in [6, 6.07) is 0. The summed E-state index contributed by atoms with van der Waals surface area (Å²) in [5.41, 5.74) is 0. The highest BCUT2D eigenvalue weighted by atomic mass is 16.7. The summed E-state index contributed by atoms with van der Waals surface area (Å²) in [5, 5.41) is 8.71. The summed E-state index contributed by atoms with van der Waals surface area (Å²) < 4.78 is 10.4. The van der Waals surface area contributed by atoms with Gasteiger partial charge in [0.15, 0.2) is 5.76 Å². The molecular formula is C10H16O3. The molecule has 3 nitrogen and oxygen atoms in total. The zero-order valence-electron chi connectivity index (χ0n) is 7.90. The van der Waals surface area contributed by atoms with Gasteiger partial charge in [-0.1, -0.05) is 12.2 Å². The Kier molecular flexibility index (Phi) is 4.40. The van der Waals surface area contributed by atoms with Gasteiger partial charge in [-0.15, -0.1) is 0 Å². The van der Waals surface area contributed by atoms with Gasteiger partial charge in [-0.25, -0.2) is 0 Å². The lowest BCUT2D eigenvalue weighted by Gasteiger charge is -2.09. The predicted octanol–water partition coefficient (Wildman–Crippen LogP) is 1.94. The molecule has 0 amide bonds. The van der Waals surface area contributed by atoms with Gasteiger partial charge < -0.3 is 14.6 Å². The maximum atomic E-state index is 8.71. The minimum atomic E-state index is -0.188. The van der Waals surface area contributed by atoms with Gasteiger partial charge in [0.1, 0.15) is 12.9 Å². The number of aliphatic hydroxyl groups excluding tert-OH is 1. The third-order valence-corrected chi connectivity index (χ3v) is 1.84. The SMILES string of the molecule is CC=CCCCC1OC=C(CO)O1. The van der Waals surface area contributed by atoms with Crippen LogP contribution >= 0.6 is 0 Å². The zero-order chi connectivity index (χ0) is 9.52. The monoisotopic (exact) mass is 184 g/mol. The highest BCUT2D eigenvalue weighted by Gasteiger charge is 2.17. The second kappa shape index (κ2) is 5.65. The summed E-state index contributed by atoms with van der Waals surface area (Å²) in [5.74, 6) is 0.524. The molecule has 3 heteroatoms. The number of unbranched alkanes of at least 4 members (excludes halogenated alkanes) is 1. The first-order valence-electron chi connectivity index (χ1n) is 4.60. The molecule has 1 N–H and O–H groups in total. The molecule has 0 fully saturated rings. The van der Waals surface area contributed by atoms with Crippen LogP contribution in [0.4, 0.5) is 0 Å². The molecule has 1 rings (SSSR count). The first kappa shape index (κ1) is 10.1. The van der Waals surface area contributed by atoms with Crippen molar-refractivity contribution in [3.63, 3.8) is 0 Å². The highest BCUT2D eigenvalue weighted by Crippen LogP contribution is 2.18. The van der Waals surface area contributed by atoms with E-state index in [1.807, 2.05) is 13.0 Å². The van der Waals surface area contributed by atoms with Crippen molar-refractivity contribution in [2.24, 2.45) is 0 Å². The molecule has 0 radical (unpaired) electrons. The maximum Gasteiger partial charge on any atom is 0.240 e. The molecule has 0 aromatic heterocycles. The Morgan fingerprint density at radius 2 is 2.46 bits per heavy atom. The maximum absolute atomic E-state index is 8.71. The zero-order valence-corrected chi connectivity index (χ0v) is 7.90. The van der Waals surface area contributed by atoms with E-state index in [0.29, 0.717) is 5.76 Å². The van der Waals surface area contributed by atoms with Crippen LogP contribution in [0.3, 0.4) is 0 Å². The number of allylic oxidation sites excluding steroid dienone is 2. The van der Waals surface area contributed by atoms with Crippen molar-refractivity contribution < 1.29 is 14.6 Å². The average Bonchev–Trinajstić information content (AvgIpc) is 2.60. The second-order valence-corrected chi connectivity index (χ2v) is 2.93. The van der Waals surface area contributed by atoms with Crippen LogP contribution in [0.2, 0.25) is 0 Å². The van der Waals surface area contributed by atoms with E-state index in [1.165, 1.54) is 6.26 Å². The normalized spacial score (nSPS) is 21.4. The van der Waals surface area contributed by atoms with Crippen molar-refractivity contribution in [2.75, 3.05) is 6.61 Å². The van der Waals surface area contributed by atoms with Gasteiger partial charge in [0, 0.05) is 6.42 Å². The molecule has 0 bridgehead atoms. The van der Waals surface area contributed by atoms with Crippen LogP contribution in [0.5, 0.6) is 0 Å². The van der Waals surface area contributed by atoms with Crippen molar-refractivity contribution >= 4 is 0 Å². The third kappa shape index (κ3) is 3.51. The molecule has 1 aliphatic rings. The standard InChI is InChI=1S/C10H16O3/c1-2-3-4-5-6-10-12-8-9(7-11)13-10/h2-3,8,10-11H,4-7H2,1H3. The van der Waals surface area contributed by atoms with E-state index in [0.717, 1.165) is 19.3 Å². The average molecular weight is 184 g/mol. The smallest absolute Gasteiger partial charge is 0.240 e.